The van der Waals surface area contributed by atoms with E-state index in [1.807, 2.05) is 23.0 Å². The fraction of sp³-hybridized carbons (Fsp3) is 0.531. The Balaban J connectivity index is 1.41. The van der Waals surface area contributed by atoms with E-state index in [4.69, 9.17) is 18.6 Å². The maximum absolute atomic E-state index is 6.98. The zero-order chi connectivity index (χ0) is 30.5. The number of nitrogens with zero attached hydrogens (tertiary/aromatic N) is 4. The Labute approximate surface area is 252 Å². The molecule has 2 aromatic carbocycles. The second kappa shape index (κ2) is 11.1. The van der Waals surface area contributed by atoms with Crippen molar-refractivity contribution in [2.45, 2.75) is 103 Å². The minimum atomic E-state index is -2.05. The first kappa shape index (κ1) is 30.8. The highest BCUT2D eigenvalue weighted by atomic mass is 28.4. The van der Waals surface area contributed by atoms with Crippen LogP contribution >= 0.6 is 0 Å². The molecule has 8 nitrogen and oxygen atoms in total. The Bertz CT molecular complexity index is 1560. The molecule has 5 rings (SSSR count). The molecule has 0 aliphatic carbocycles. The summed E-state index contributed by atoms with van der Waals surface area (Å²) < 4.78 is 22.4. The van der Waals surface area contributed by atoms with Gasteiger partial charge in [-0.3, -0.25) is 4.57 Å². The summed E-state index contributed by atoms with van der Waals surface area (Å²) in [5, 5.41) is 6.02. The van der Waals surface area contributed by atoms with Crippen LogP contribution in [0.4, 0.5) is 11.5 Å². The summed E-state index contributed by atoms with van der Waals surface area (Å²) in [4.78, 5) is 13.9. The maximum Gasteiger partial charge on any atom is 0.192 e. The molecule has 2 aromatic heterocycles. The number of nitrogens with one attached hydrogen (secondary N) is 1. The van der Waals surface area contributed by atoms with Crippen LogP contribution in [0.1, 0.15) is 54.2 Å². The number of ether oxygens (including phenoxy) is 1. The molecule has 0 unspecified atom stereocenters. The molecule has 3 atom stereocenters. The third-order valence-electron chi connectivity index (χ3n) is 9.53. The van der Waals surface area contributed by atoms with Gasteiger partial charge in [-0.15, -0.1) is 0 Å². The van der Waals surface area contributed by atoms with Gasteiger partial charge >= 0.3 is 0 Å². The van der Waals surface area contributed by atoms with Crippen LogP contribution in [0.15, 0.2) is 55.1 Å². The van der Waals surface area contributed by atoms with Gasteiger partial charge in [0, 0.05) is 12.1 Å². The molecule has 3 heterocycles. The Morgan fingerprint density at radius 2 is 1.60 bits per heavy atom. The zero-order valence-electron chi connectivity index (χ0n) is 26.9. The summed E-state index contributed by atoms with van der Waals surface area (Å²) in [5.41, 5.74) is 2.39. The number of hydrogen-bond donors (Lipinski definition) is 1. The van der Waals surface area contributed by atoms with Gasteiger partial charge in [-0.25, -0.2) is 15.0 Å². The lowest BCUT2D eigenvalue weighted by Gasteiger charge is -2.40. The predicted molar refractivity (Wildman–Crippen MR) is 176 cm³/mol. The first-order chi connectivity index (χ1) is 19.6. The van der Waals surface area contributed by atoms with Crippen molar-refractivity contribution < 1.29 is 13.6 Å². The Hall–Kier alpha value is -2.64. The van der Waals surface area contributed by atoms with E-state index in [-0.39, 0.29) is 28.5 Å². The quantitative estimate of drug-likeness (QED) is 0.202. The van der Waals surface area contributed by atoms with Crippen molar-refractivity contribution in [1.29, 1.82) is 0 Å². The fourth-order valence-corrected chi connectivity index (χ4v) is 7.14. The highest BCUT2D eigenvalue weighted by Gasteiger charge is 2.46. The molecular formula is C32H47N5O3Si2. The molecule has 1 aliphatic rings. The first-order valence-electron chi connectivity index (χ1n) is 15.0. The Morgan fingerprint density at radius 1 is 0.905 bits per heavy atom. The van der Waals surface area contributed by atoms with Gasteiger partial charge < -0.3 is 18.9 Å². The summed E-state index contributed by atoms with van der Waals surface area (Å²) in [6, 6.07) is 14.6. The highest BCUT2D eigenvalue weighted by molar-refractivity contribution is 6.74. The van der Waals surface area contributed by atoms with Gasteiger partial charge in [0.25, 0.3) is 0 Å². The van der Waals surface area contributed by atoms with Crippen molar-refractivity contribution >= 4 is 50.1 Å². The second-order valence-corrected chi connectivity index (χ2v) is 24.2. The van der Waals surface area contributed by atoms with Crippen LogP contribution in [-0.4, -0.2) is 55.0 Å². The number of rotatable bonds is 8. The third kappa shape index (κ3) is 6.19. The van der Waals surface area contributed by atoms with E-state index < -0.39 is 16.6 Å². The molecule has 1 aliphatic heterocycles. The van der Waals surface area contributed by atoms with Crippen molar-refractivity contribution in [1.82, 2.24) is 19.5 Å². The predicted octanol–water partition coefficient (Wildman–Crippen LogP) is 8.42. The normalized spacial score (nSPS) is 20.5. The summed E-state index contributed by atoms with van der Waals surface area (Å²) >= 11 is 0. The molecule has 0 spiro atoms. The lowest BCUT2D eigenvalue weighted by molar-refractivity contribution is -0.0383. The molecule has 226 valence electrons. The van der Waals surface area contributed by atoms with Crippen molar-refractivity contribution in [2.75, 3.05) is 11.9 Å². The van der Waals surface area contributed by atoms with Gasteiger partial charge in [-0.1, -0.05) is 71.9 Å². The van der Waals surface area contributed by atoms with Gasteiger partial charge in [0.15, 0.2) is 33.6 Å². The van der Waals surface area contributed by atoms with Gasteiger partial charge in [-0.2, -0.15) is 0 Å². The number of anilines is 2. The van der Waals surface area contributed by atoms with Crippen LogP contribution in [0.5, 0.6) is 0 Å². The maximum atomic E-state index is 6.98. The van der Waals surface area contributed by atoms with E-state index in [0.717, 1.165) is 16.7 Å². The van der Waals surface area contributed by atoms with Crippen molar-refractivity contribution in [3.8, 4) is 0 Å². The average Bonchev–Trinajstić information content (AvgIpc) is 3.50. The molecule has 1 fully saturated rings. The van der Waals surface area contributed by atoms with Crippen LogP contribution in [0.3, 0.4) is 0 Å². The van der Waals surface area contributed by atoms with Crippen molar-refractivity contribution in [3.05, 3.63) is 55.1 Å². The minimum absolute atomic E-state index is 0.0739. The topological polar surface area (TPSA) is 83.3 Å². The molecule has 0 bridgehead atoms. The molecule has 42 heavy (non-hydrogen) atoms. The number of benzene rings is 2. The third-order valence-corrected chi connectivity index (χ3v) is 18.5. The van der Waals surface area contributed by atoms with Crippen LogP contribution in [-0.2, 0) is 13.6 Å². The largest absolute Gasteiger partial charge is 0.414 e. The summed E-state index contributed by atoms with van der Waals surface area (Å²) in [6.07, 6.45) is 3.60. The smallest absolute Gasteiger partial charge is 0.192 e. The molecular weight excluding hydrogens is 559 g/mol. The van der Waals surface area contributed by atoms with Crippen LogP contribution in [0.2, 0.25) is 36.3 Å². The summed E-state index contributed by atoms with van der Waals surface area (Å²) in [5.74, 6) is 0.666. The molecule has 1 saturated heterocycles. The van der Waals surface area contributed by atoms with Crippen molar-refractivity contribution in [3.63, 3.8) is 0 Å². The number of aromatic nitrogens is 4. The van der Waals surface area contributed by atoms with E-state index in [1.54, 1.807) is 6.33 Å². The molecule has 0 radical (unpaired) electrons. The standard InChI is InChI=1S/C32H47N5O3Si2/c1-31(2,3)41(7,8)38-19-26-25(40-42(9,10)32(4,5)6)18-27(39-26)37-21-35-28-29(33-20-34-30(28)37)36-24-16-15-22-13-11-12-14-23(22)17-24/h11-17,20-21,25-27H,18-19H2,1-10H3,(H,33,34,36)/t25-,26+,27+/m0/s1. The number of imidazole rings is 1. The van der Waals surface area contributed by atoms with Crippen molar-refractivity contribution in [2.24, 2.45) is 0 Å². The van der Waals surface area contributed by atoms with Crippen LogP contribution in [0.25, 0.3) is 21.9 Å². The lowest BCUT2D eigenvalue weighted by Crippen LogP contribution is -2.48. The van der Waals surface area contributed by atoms with E-state index in [1.165, 1.54) is 5.39 Å². The summed E-state index contributed by atoms with van der Waals surface area (Å²) in [6.45, 7) is 23.3. The number of hydrogen-bond acceptors (Lipinski definition) is 7. The highest BCUT2D eigenvalue weighted by Crippen LogP contribution is 2.43. The van der Waals surface area contributed by atoms with E-state index in [2.05, 4.69) is 113 Å². The monoisotopic (exact) mass is 605 g/mol. The average molecular weight is 606 g/mol. The van der Waals surface area contributed by atoms with Gasteiger partial charge in [-0.05, 0) is 59.2 Å². The first-order valence-corrected chi connectivity index (χ1v) is 20.8. The second-order valence-electron chi connectivity index (χ2n) is 14.6. The number of fused-ring (bicyclic) bond motifs is 2. The van der Waals surface area contributed by atoms with E-state index in [0.29, 0.717) is 24.4 Å². The zero-order valence-corrected chi connectivity index (χ0v) is 28.9. The minimum Gasteiger partial charge on any atom is -0.414 e. The molecule has 0 amide bonds. The molecule has 4 aromatic rings. The van der Waals surface area contributed by atoms with Gasteiger partial charge in [0.05, 0.1) is 19.0 Å². The Kier molecular flexibility index (Phi) is 8.17. The van der Waals surface area contributed by atoms with E-state index >= 15 is 0 Å². The lowest BCUT2D eigenvalue weighted by atomic mass is 10.1. The Morgan fingerprint density at radius 3 is 2.29 bits per heavy atom. The van der Waals surface area contributed by atoms with Crippen LogP contribution < -0.4 is 5.32 Å². The summed E-state index contributed by atoms with van der Waals surface area (Å²) in [7, 11) is -4.01. The van der Waals surface area contributed by atoms with E-state index in [9.17, 15) is 0 Å². The molecule has 10 heteroatoms. The van der Waals surface area contributed by atoms with Gasteiger partial charge in [0.2, 0.25) is 0 Å². The SMILES string of the molecule is CC(C)(C)[Si](C)(C)OC[C@H]1O[C@@H](n2cnc3c(Nc4ccc5ccccc5c4)ncnc32)C[C@@H]1O[Si](C)(C)C(C)(C)C. The fourth-order valence-electron chi connectivity index (χ4n) is 4.77. The van der Waals surface area contributed by atoms with Crippen LogP contribution in [0, 0.1) is 0 Å². The molecule has 1 N–H and O–H groups in total. The van der Waals surface area contributed by atoms with Gasteiger partial charge in [0.1, 0.15) is 18.7 Å². The molecule has 0 saturated carbocycles.